The largest absolute Gasteiger partial charge is 0.367 e. The quantitative estimate of drug-likeness (QED) is 0.473. The van der Waals surface area contributed by atoms with Crippen molar-refractivity contribution in [2.24, 2.45) is 0 Å². The Morgan fingerprint density at radius 3 is 2.63 bits per heavy atom. The first-order chi connectivity index (χ1) is 14.7. The van der Waals surface area contributed by atoms with Crippen LogP contribution in [0.5, 0.6) is 0 Å². The first-order valence-electron chi connectivity index (χ1n) is 10.0. The van der Waals surface area contributed by atoms with E-state index in [1.54, 1.807) is 0 Å². The number of amides is 1. The molecule has 5 heteroatoms. The van der Waals surface area contributed by atoms with Gasteiger partial charge in [0.15, 0.2) is 0 Å². The zero-order chi connectivity index (χ0) is 20.5. The van der Waals surface area contributed by atoms with Crippen molar-refractivity contribution in [3.63, 3.8) is 0 Å². The topological polar surface area (TPSA) is 45.3 Å². The van der Waals surface area contributed by atoms with Crippen LogP contribution in [0.25, 0.3) is 10.9 Å². The molecule has 0 aliphatic carbocycles. The van der Waals surface area contributed by atoms with Gasteiger partial charge >= 0.3 is 0 Å². The van der Waals surface area contributed by atoms with Crippen LogP contribution in [0.4, 0.5) is 0 Å². The molecule has 1 amide bonds. The maximum atomic E-state index is 13.6. The van der Waals surface area contributed by atoms with E-state index < -0.39 is 0 Å². The van der Waals surface area contributed by atoms with Gasteiger partial charge in [-0.25, -0.2) is 0 Å². The van der Waals surface area contributed by atoms with Crippen molar-refractivity contribution in [1.82, 2.24) is 9.88 Å². The Labute approximate surface area is 180 Å². The highest BCUT2D eigenvalue weighted by Crippen LogP contribution is 2.37. The minimum atomic E-state index is -0.363. The molecule has 1 N–H and O–H groups in total. The Morgan fingerprint density at radius 1 is 1.00 bits per heavy atom. The summed E-state index contributed by atoms with van der Waals surface area (Å²) in [6.07, 6.45) is -0.363. The van der Waals surface area contributed by atoms with Crippen LogP contribution in [-0.4, -0.2) is 28.9 Å². The van der Waals surface area contributed by atoms with Crippen molar-refractivity contribution in [3.05, 3.63) is 106 Å². The lowest BCUT2D eigenvalue weighted by atomic mass is 9.97. The van der Waals surface area contributed by atoms with Gasteiger partial charge < -0.3 is 14.6 Å². The number of aromatic nitrogens is 1. The van der Waals surface area contributed by atoms with Crippen LogP contribution >= 0.6 is 11.6 Å². The lowest BCUT2D eigenvalue weighted by Crippen LogP contribution is -2.36. The maximum absolute atomic E-state index is 13.6. The summed E-state index contributed by atoms with van der Waals surface area (Å²) in [5, 5.41) is 1.64. The molecule has 1 atom stereocenters. The van der Waals surface area contributed by atoms with Gasteiger partial charge in [-0.3, -0.25) is 4.79 Å². The Bertz CT molecular complexity index is 1200. The van der Waals surface area contributed by atoms with Crippen LogP contribution in [0.1, 0.15) is 33.3 Å². The van der Waals surface area contributed by atoms with Crippen molar-refractivity contribution in [2.45, 2.75) is 12.6 Å². The fraction of sp³-hybridized carbons (Fsp3) is 0.160. The van der Waals surface area contributed by atoms with Crippen LogP contribution in [0.2, 0.25) is 5.02 Å². The molecule has 0 bridgehead atoms. The number of aromatic amines is 1. The molecule has 150 valence electrons. The Morgan fingerprint density at radius 2 is 1.80 bits per heavy atom. The van der Waals surface area contributed by atoms with E-state index in [9.17, 15) is 4.79 Å². The number of nitrogens with zero attached hydrogens (tertiary/aromatic N) is 1. The summed E-state index contributed by atoms with van der Waals surface area (Å²) in [6, 6.07) is 25.7. The fourth-order valence-electron chi connectivity index (χ4n) is 4.12. The second kappa shape index (κ2) is 7.98. The second-order valence-electron chi connectivity index (χ2n) is 7.48. The molecular weight excluding hydrogens is 396 g/mol. The van der Waals surface area contributed by atoms with Crippen LogP contribution in [0.3, 0.4) is 0 Å². The normalized spacial score (nSPS) is 16.9. The summed E-state index contributed by atoms with van der Waals surface area (Å²) in [6.45, 7) is 1.49. The molecule has 0 saturated heterocycles. The molecular formula is C25H21ClN2O2. The van der Waals surface area contributed by atoms with Crippen molar-refractivity contribution in [3.8, 4) is 0 Å². The smallest absolute Gasteiger partial charge is 0.271 e. The van der Waals surface area contributed by atoms with Crippen molar-refractivity contribution in [2.75, 3.05) is 13.2 Å². The number of para-hydroxylation sites is 1. The number of halogens is 1. The lowest BCUT2D eigenvalue weighted by molar-refractivity contribution is 0.0401. The summed E-state index contributed by atoms with van der Waals surface area (Å²) in [5.74, 6) is -0.0135. The molecule has 0 saturated carbocycles. The molecule has 5 rings (SSSR count). The van der Waals surface area contributed by atoms with E-state index in [0.717, 1.165) is 27.6 Å². The molecule has 0 unspecified atom stereocenters. The van der Waals surface area contributed by atoms with Crippen LogP contribution in [0, 0.1) is 0 Å². The van der Waals surface area contributed by atoms with Gasteiger partial charge in [-0.2, -0.15) is 0 Å². The molecule has 4 nitrogen and oxygen atoms in total. The number of carbonyl (C=O) groups is 1. The highest BCUT2D eigenvalue weighted by molar-refractivity contribution is 6.30. The van der Waals surface area contributed by atoms with Gasteiger partial charge in [0.2, 0.25) is 0 Å². The van der Waals surface area contributed by atoms with E-state index in [0.29, 0.717) is 30.4 Å². The van der Waals surface area contributed by atoms with Gasteiger partial charge in [0.05, 0.1) is 6.61 Å². The third kappa shape index (κ3) is 3.49. The van der Waals surface area contributed by atoms with Crippen LogP contribution < -0.4 is 0 Å². The van der Waals surface area contributed by atoms with Crippen molar-refractivity contribution in [1.29, 1.82) is 0 Å². The van der Waals surface area contributed by atoms with Crippen molar-refractivity contribution >= 4 is 28.4 Å². The summed E-state index contributed by atoms with van der Waals surface area (Å²) < 4.78 is 6.36. The first-order valence-corrected chi connectivity index (χ1v) is 10.4. The van der Waals surface area contributed by atoms with Crippen LogP contribution in [0.15, 0.2) is 78.9 Å². The summed E-state index contributed by atoms with van der Waals surface area (Å²) in [5.41, 5.74) is 4.41. The van der Waals surface area contributed by atoms with E-state index >= 15 is 0 Å². The monoisotopic (exact) mass is 416 g/mol. The third-order valence-corrected chi connectivity index (χ3v) is 5.76. The van der Waals surface area contributed by atoms with E-state index in [1.807, 2.05) is 83.8 Å². The molecule has 1 aliphatic rings. The Hall–Kier alpha value is -3.08. The van der Waals surface area contributed by atoms with E-state index in [-0.39, 0.29) is 12.0 Å². The number of hydrogen-bond donors (Lipinski definition) is 1. The number of H-pyrrole nitrogens is 1. The van der Waals surface area contributed by atoms with Crippen molar-refractivity contribution < 1.29 is 9.53 Å². The highest BCUT2D eigenvalue weighted by Gasteiger charge is 2.31. The molecule has 4 aromatic rings. The third-order valence-electron chi connectivity index (χ3n) is 5.52. The number of benzene rings is 3. The van der Waals surface area contributed by atoms with Gasteiger partial charge in [-0.15, -0.1) is 0 Å². The molecule has 30 heavy (non-hydrogen) atoms. The molecule has 3 aromatic carbocycles. The zero-order valence-electron chi connectivity index (χ0n) is 16.3. The minimum Gasteiger partial charge on any atom is -0.367 e. The summed E-state index contributed by atoms with van der Waals surface area (Å²) in [4.78, 5) is 18.8. The fourth-order valence-corrected chi connectivity index (χ4v) is 4.31. The predicted molar refractivity (Wildman–Crippen MR) is 119 cm³/mol. The van der Waals surface area contributed by atoms with Crippen LogP contribution in [-0.2, 0) is 11.3 Å². The summed E-state index contributed by atoms with van der Waals surface area (Å²) >= 11 is 6.26. The number of nitrogens with one attached hydrogen (secondary N) is 1. The van der Waals surface area contributed by atoms with Gasteiger partial charge in [0, 0.05) is 34.6 Å². The van der Waals surface area contributed by atoms with E-state index in [2.05, 4.69) is 4.98 Å². The highest BCUT2D eigenvalue weighted by atomic mass is 35.5. The molecule has 0 radical (unpaired) electrons. The van der Waals surface area contributed by atoms with Gasteiger partial charge in [0.1, 0.15) is 11.8 Å². The molecule has 1 aliphatic heterocycles. The molecule has 0 spiro atoms. The average Bonchev–Trinajstić information content (AvgIpc) is 3.14. The SMILES string of the molecule is O=C1c2[nH]c3ccccc3c2[C@@H](c2cccc(Cl)c2)OCCN1Cc1ccccc1. The van der Waals surface area contributed by atoms with E-state index in [4.69, 9.17) is 16.3 Å². The van der Waals surface area contributed by atoms with Gasteiger partial charge in [-0.05, 0) is 29.3 Å². The molecule has 1 aromatic heterocycles. The standard InChI is InChI=1S/C25H21ClN2O2/c26-19-10-6-9-18(15-19)24-22-20-11-4-5-12-21(20)27-23(22)25(29)28(13-14-30-24)16-17-7-2-1-3-8-17/h1-12,15,24,27H,13-14,16H2/t24-/m1/s1. The Balaban J connectivity index is 1.63. The first kappa shape index (κ1) is 18.9. The number of rotatable bonds is 3. The summed E-state index contributed by atoms with van der Waals surface area (Å²) in [7, 11) is 0. The lowest BCUT2D eigenvalue weighted by Gasteiger charge is -2.29. The zero-order valence-corrected chi connectivity index (χ0v) is 17.1. The van der Waals surface area contributed by atoms with Gasteiger partial charge in [-0.1, -0.05) is 72.3 Å². The molecule has 2 heterocycles. The average molecular weight is 417 g/mol. The second-order valence-corrected chi connectivity index (χ2v) is 7.91. The number of hydrogen-bond acceptors (Lipinski definition) is 2. The minimum absolute atomic E-state index is 0.0135. The van der Waals surface area contributed by atoms with E-state index in [1.165, 1.54) is 0 Å². The Kier molecular flexibility index (Phi) is 5.03. The number of fused-ring (bicyclic) bond motifs is 3. The number of carbonyl (C=O) groups excluding carboxylic acids is 1. The van der Waals surface area contributed by atoms with Gasteiger partial charge in [0.25, 0.3) is 5.91 Å². The molecule has 0 fully saturated rings. The maximum Gasteiger partial charge on any atom is 0.271 e. The number of ether oxygens (including phenoxy) is 1. The predicted octanol–water partition coefficient (Wildman–Crippen LogP) is 5.58.